The predicted octanol–water partition coefficient (Wildman–Crippen LogP) is 5.34. The average Bonchev–Trinajstić information content (AvgIpc) is 2.57. The van der Waals surface area contributed by atoms with Gasteiger partial charge in [0.15, 0.2) is 0 Å². The van der Waals surface area contributed by atoms with E-state index < -0.39 is 0 Å². The Morgan fingerprint density at radius 1 is 0.500 bits per heavy atom. The molecule has 134 valence electrons. The van der Waals surface area contributed by atoms with Crippen LogP contribution in [0.25, 0.3) is 0 Å². The minimum atomic E-state index is 0.369. The van der Waals surface area contributed by atoms with Crippen LogP contribution < -0.4 is 0 Å². The first-order valence-electron chi connectivity index (χ1n) is 9.25. The van der Waals surface area contributed by atoms with Gasteiger partial charge in [-0.15, -0.1) is 0 Å². The molecule has 0 amide bonds. The summed E-state index contributed by atoms with van der Waals surface area (Å²) in [6.45, 7) is 5.20. The van der Waals surface area contributed by atoms with Crippen LogP contribution >= 0.6 is 0 Å². The van der Waals surface area contributed by atoms with Crippen LogP contribution in [-0.2, 0) is 23.7 Å². The minimum absolute atomic E-state index is 0.369. The van der Waals surface area contributed by atoms with E-state index in [1.54, 1.807) is 0 Å². The molecule has 0 fully saturated rings. The van der Waals surface area contributed by atoms with Crippen molar-refractivity contribution in [2.75, 3.05) is 13.2 Å². The molecule has 0 atom stereocenters. The van der Waals surface area contributed by atoms with Crippen molar-refractivity contribution in [1.29, 1.82) is 0 Å². The molecule has 4 heteroatoms. The molecule has 0 aliphatic heterocycles. The van der Waals surface area contributed by atoms with E-state index in [9.17, 15) is 0 Å². The first-order valence-corrected chi connectivity index (χ1v) is 9.89. The molecule has 3 nitrogen and oxygen atoms in total. The van der Waals surface area contributed by atoms with Crippen LogP contribution in [0.5, 0.6) is 0 Å². The molecule has 0 rings (SSSR count). The molecule has 0 spiro atoms. The van der Waals surface area contributed by atoms with Gasteiger partial charge in [-0.2, -0.15) is 0 Å². The van der Waals surface area contributed by atoms with Crippen molar-refractivity contribution in [3.8, 4) is 0 Å². The Morgan fingerprint density at radius 3 is 0.955 bits per heavy atom. The number of unbranched alkanes of at least 4 members (excludes halogenated alkanes) is 12. The second-order valence-electron chi connectivity index (χ2n) is 5.69. The first kappa shape index (κ1) is 27.3. The molecule has 0 aromatic heterocycles. The molecule has 0 aliphatic carbocycles. The molecule has 0 aliphatic rings. The molecule has 0 saturated carbocycles. The van der Waals surface area contributed by atoms with E-state index in [1.165, 1.54) is 77.0 Å². The van der Waals surface area contributed by atoms with E-state index >= 15 is 0 Å². The standard InChI is InChI=1S/2C9H20O.O.Ti/c2*1-2-3-4-5-6-7-8-9-10;;/h2*10H,2-9H2,1H3;;. The van der Waals surface area contributed by atoms with Crippen molar-refractivity contribution < 1.29 is 33.9 Å². The van der Waals surface area contributed by atoms with Crippen molar-refractivity contribution in [3.05, 3.63) is 0 Å². The Kier molecular flexibility index (Phi) is 41.1. The van der Waals surface area contributed by atoms with E-state index in [0.29, 0.717) is 13.2 Å². The molecule has 22 heavy (non-hydrogen) atoms. The molecular weight excluding hydrogens is 312 g/mol. The summed E-state index contributed by atoms with van der Waals surface area (Å²) in [4.78, 5) is 0. The first-order chi connectivity index (χ1) is 10.8. The second-order valence-corrected chi connectivity index (χ2v) is 5.69. The Hall–Kier alpha value is 0.434. The maximum absolute atomic E-state index is 8.47. The summed E-state index contributed by atoms with van der Waals surface area (Å²) in [5.41, 5.74) is 0. The van der Waals surface area contributed by atoms with Crippen molar-refractivity contribution in [2.45, 2.75) is 104 Å². The zero-order chi connectivity index (χ0) is 17.3. The van der Waals surface area contributed by atoms with E-state index in [4.69, 9.17) is 13.5 Å². The molecule has 0 aromatic carbocycles. The van der Waals surface area contributed by atoms with Crippen LogP contribution in [0.4, 0.5) is 0 Å². The van der Waals surface area contributed by atoms with Gasteiger partial charge in [0.1, 0.15) is 0 Å². The summed E-state index contributed by atoms with van der Waals surface area (Å²) in [5.74, 6) is 0. The van der Waals surface area contributed by atoms with Crippen molar-refractivity contribution in [2.24, 2.45) is 0 Å². The quantitative estimate of drug-likeness (QED) is 0.328. The van der Waals surface area contributed by atoms with Gasteiger partial charge in [0.2, 0.25) is 0 Å². The van der Waals surface area contributed by atoms with Gasteiger partial charge in [-0.1, -0.05) is 90.9 Å². The fourth-order valence-electron chi connectivity index (χ4n) is 2.14. The molecule has 0 unspecified atom stereocenters. The second kappa shape index (κ2) is 33.1. The fourth-order valence-corrected chi connectivity index (χ4v) is 2.14. The predicted molar refractivity (Wildman–Crippen MR) is 90.8 cm³/mol. The van der Waals surface area contributed by atoms with Gasteiger partial charge >= 0.3 is 23.7 Å². The van der Waals surface area contributed by atoms with Crippen molar-refractivity contribution >= 4 is 0 Å². The van der Waals surface area contributed by atoms with Gasteiger partial charge in [-0.05, 0) is 12.8 Å². The summed E-state index contributed by atoms with van der Waals surface area (Å²) in [6, 6.07) is 0. The van der Waals surface area contributed by atoms with Crippen LogP contribution in [0.15, 0.2) is 0 Å². The van der Waals surface area contributed by atoms with Gasteiger partial charge in [-0.3, -0.25) is 0 Å². The monoisotopic (exact) mass is 352 g/mol. The van der Waals surface area contributed by atoms with Gasteiger partial charge in [0.25, 0.3) is 0 Å². The molecule has 0 aromatic rings. The van der Waals surface area contributed by atoms with E-state index in [0.717, 1.165) is 33.2 Å². The Bertz CT molecular complexity index is 125. The molecule has 0 saturated heterocycles. The van der Waals surface area contributed by atoms with Crippen LogP contribution in [0.3, 0.4) is 0 Å². The fraction of sp³-hybridized carbons (Fsp3) is 1.00. The summed E-state index contributed by atoms with van der Waals surface area (Å²) in [5, 5.41) is 16.9. The number of hydrogen-bond donors (Lipinski definition) is 2. The molecule has 0 heterocycles. The Morgan fingerprint density at radius 2 is 0.727 bits per heavy atom. The van der Waals surface area contributed by atoms with Crippen LogP contribution in [-0.4, -0.2) is 23.4 Å². The third-order valence-corrected chi connectivity index (χ3v) is 3.52. The van der Waals surface area contributed by atoms with Gasteiger partial charge in [0.05, 0.1) is 0 Å². The van der Waals surface area contributed by atoms with Gasteiger partial charge in [-0.25, -0.2) is 0 Å². The zero-order valence-electron chi connectivity index (χ0n) is 15.1. The number of aliphatic hydroxyl groups excluding tert-OH is 2. The van der Waals surface area contributed by atoms with Crippen LogP contribution in [0, 0.1) is 0 Å². The van der Waals surface area contributed by atoms with Gasteiger partial charge < -0.3 is 10.2 Å². The molecule has 2 N–H and O–H groups in total. The molecular formula is C18H40O3Ti. The van der Waals surface area contributed by atoms with Crippen LogP contribution in [0.2, 0.25) is 0 Å². The van der Waals surface area contributed by atoms with E-state index in [-0.39, 0.29) is 0 Å². The topological polar surface area (TPSA) is 57.5 Å². The summed E-state index contributed by atoms with van der Waals surface area (Å²) < 4.78 is 8.25. The number of rotatable bonds is 14. The average molecular weight is 352 g/mol. The Labute approximate surface area is 151 Å². The van der Waals surface area contributed by atoms with Gasteiger partial charge in [0, 0.05) is 13.2 Å². The summed E-state index contributed by atoms with van der Waals surface area (Å²) >= 11 is 0.750. The van der Waals surface area contributed by atoms with E-state index in [2.05, 4.69) is 13.8 Å². The summed E-state index contributed by atoms with van der Waals surface area (Å²) in [6.07, 6.45) is 17.9. The third-order valence-electron chi connectivity index (χ3n) is 3.52. The number of aliphatic hydroxyl groups is 2. The van der Waals surface area contributed by atoms with Crippen LogP contribution in [0.1, 0.15) is 104 Å². The zero-order valence-corrected chi connectivity index (χ0v) is 16.7. The normalized spacial score (nSPS) is 9.41. The Balaban J connectivity index is -0.000000294. The van der Waals surface area contributed by atoms with Crippen molar-refractivity contribution in [3.63, 3.8) is 0 Å². The maximum atomic E-state index is 8.47. The molecule has 0 bridgehead atoms. The number of hydrogen-bond acceptors (Lipinski definition) is 3. The third kappa shape index (κ3) is 37.0. The van der Waals surface area contributed by atoms with E-state index in [1.807, 2.05) is 0 Å². The SMILES string of the molecule is CCCCCCCCCO.CCCCCCCCCO.[O]=[Ti]. The molecule has 0 radical (unpaired) electrons. The van der Waals surface area contributed by atoms with Crippen molar-refractivity contribution in [1.82, 2.24) is 0 Å². The summed E-state index contributed by atoms with van der Waals surface area (Å²) in [7, 11) is 0.